The molecule has 1 aliphatic heterocycles. The van der Waals surface area contributed by atoms with Gasteiger partial charge in [-0.05, 0) is 6.42 Å². The van der Waals surface area contributed by atoms with Crippen molar-refractivity contribution in [1.82, 2.24) is 35.2 Å². The molecule has 1 unspecified atom stereocenters. The summed E-state index contributed by atoms with van der Waals surface area (Å²) >= 11 is 0. The van der Waals surface area contributed by atoms with Crippen LogP contribution in [-0.4, -0.2) is 62.6 Å². The van der Waals surface area contributed by atoms with E-state index in [0.29, 0.717) is 38.2 Å². The number of amides is 1. The number of fused-ring (bicyclic) bond motifs is 1. The van der Waals surface area contributed by atoms with E-state index in [0.717, 1.165) is 22.7 Å². The Hall–Kier alpha value is -3.14. The zero-order valence-electron chi connectivity index (χ0n) is 14.9. The fourth-order valence-electron chi connectivity index (χ4n) is 3.08. The van der Waals surface area contributed by atoms with Gasteiger partial charge in [-0.25, -0.2) is 15.0 Å². The normalized spacial score (nSPS) is 17.2. The van der Waals surface area contributed by atoms with Crippen LogP contribution in [0.15, 0.2) is 25.0 Å². The SMILES string of the molecule is CNC(=O)CCc1cncc(C2CN(c3ncnc4nc[nH]c34)CCO2)n1. The fraction of sp³-hybridized carbons (Fsp3) is 0.412. The van der Waals surface area contributed by atoms with Gasteiger partial charge in [-0.15, -0.1) is 0 Å². The Balaban J connectivity index is 1.51. The number of nitrogens with one attached hydrogen (secondary N) is 2. The van der Waals surface area contributed by atoms with Crippen LogP contribution in [0.1, 0.15) is 23.9 Å². The average molecular weight is 368 g/mol. The highest BCUT2D eigenvalue weighted by atomic mass is 16.5. The van der Waals surface area contributed by atoms with E-state index in [9.17, 15) is 4.79 Å². The van der Waals surface area contributed by atoms with Crippen molar-refractivity contribution < 1.29 is 9.53 Å². The summed E-state index contributed by atoms with van der Waals surface area (Å²) in [5.41, 5.74) is 2.97. The summed E-state index contributed by atoms with van der Waals surface area (Å²) in [6, 6.07) is 0. The Morgan fingerprint density at radius 2 is 2.30 bits per heavy atom. The molecule has 0 aliphatic carbocycles. The maximum atomic E-state index is 11.4. The molecule has 0 aromatic carbocycles. The van der Waals surface area contributed by atoms with Gasteiger partial charge in [0.2, 0.25) is 5.91 Å². The van der Waals surface area contributed by atoms with Gasteiger partial charge >= 0.3 is 0 Å². The molecule has 140 valence electrons. The Morgan fingerprint density at radius 3 is 3.19 bits per heavy atom. The minimum Gasteiger partial charge on any atom is -0.368 e. The van der Waals surface area contributed by atoms with Crippen LogP contribution >= 0.6 is 0 Å². The van der Waals surface area contributed by atoms with Crippen molar-refractivity contribution in [2.45, 2.75) is 18.9 Å². The van der Waals surface area contributed by atoms with E-state index in [1.165, 1.54) is 6.33 Å². The summed E-state index contributed by atoms with van der Waals surface area (Å²) in [6.45, 7) is 1.86. The Kier molecular flexibility index (Phi) is 4.88. The van der Waals surface area contributed by atoms with E-state index in [1.807, 2.05) is 0 Å². The quantitative estimate of drug-likeness (QED) is 0.664. The van der Waals surface area contributed by atoms with Crippen LogP contribution in [0, 0.1) is 0 Å². The number of carbonyl (C=O) groups is 1. The van der Waals surface area contributed by atoms with Gasteiger partial charge in [0.25, 0.3) is 0 Å². The summed E-state index contributed by atoms with van der Waals surface area (Å²) in [5.74, 6) is 0.782. The highest BCUT2D eigenvalue weighted by molar-refractivity contribution is 5.82. The van der Waals surface area contributed by atoms with Crippen LogP contribution in [0.4, 0.5) is 5.82 Å². The standard InChI is InChI=1S/C17H20N8O2/c1-18-14(26)3-2-11-6-19-7-12(24-11)13-8-25(4-5-27-13)17-15-16(21-9-20-15)22-10-23-17/h6-7,9-10,13H,2-5,8H2,1H3,(H,18,26)(H,20,21,22,23). The molecule has 27 heavy (non-hydrogen) atoms. The molecular formula is C17H20N8O2. The van der Waals surface area contributed by atoms with Gasteiger partial charge in [0.1, 0.15) is 17.9 Å². The number of aromatic nitrogens is 6. The van der Waals surface area contributed by atoms with Crippen LogP contribution in [0.2, 0.25) is 0 Å². The summed E-state index contributed by atoms with van der Waals surface area (Å²) < 4.78 is 5.92. The molecule has 3 aromatic rings. The van der Waals surface area contributed by atoms with Crippen LogP contribution in [0.3, 0.4) is 0 Å². The zero-order chi connectivity index (χ0) is 18.6. The smallest absolute Gasteiger partial charge is 0.220 e. The van der Waals surface area contributed by atoms with Crippen LogP contribution in [0.5, 0.6) is 0 Å². The minimum absolute atomic E-state index is 0.0189. The molecule has 1 atom stereocenters. The molecular weight excluding hydrogens is 348 g/mol. The first-order chi connectivity index (χ1) is 13.2. The lowest BCUT2D eigenvalue weighted by Gasteiger charge is -2.33. The Morgan fingerprint density at radius 1 is 1.37 bits per heavy atom. The van der Waals surface area contributed by atoms with E-state index >= 15 is 0 Å². The van der Waals surface area contributed by atoms with E-state index < -0.39 is 0 Å². The minimum atomic E-state index is -0.223. The Labute approximate surface area is 155 Å². The zero-order valence-corrected chi connectivity index (χ0v) is 14.9. The first-order valence-corrected chi connectivity index (χ1v) is 8.76. The molecule has 0 bridgehead atoms. The maximum absolute atomic E-state index is 11.4. The first kappa shape index (κ1) is 17.3. The molecule has 0 saturated carbocycles. The summed E-state index contributed by atoms with van der Waals surface area (Å²) in [6.07, 6.45) is 7.22. The fourth-order valence-corrected chi connectivity index (χ4v) is 3.08. The van der Waals surface area contributed by atoms with Crippen LogP contribution in [-0.2, 0) is 16.0 Å². The average Bonchev–Trinajstić information content (AvgIpc) is 3.21. The van der Waals surface area contributed by atoms with Gasteiger partial charge in [0.15, 0.2) is 11.5 Å². The molecule has 10 heteroatoms. The van der Waals surface area contributed by atoms with Gasteiger partial charge in [-0.3, -0.25) is 14.8 Å². The number of H-pyrrole nitrogens is 1. The third-order valence-corrected chi connectivity index (χ3v) is 4.49. The van der Waals surface area contributed by atoms with Crippen molar-refractivity contribution in [1.29, 1.82) is 0 Å². The maximum Gasteiger partial charge on any atom is 0.220 e. The molecule has 3 aromatic heterocycles. The summed E-state index contributed by atoms with van der Waals surface area (Å²) in [7, 11) is 1.62. The monoisotopic (exact) mass is 368 g/mol. The summed E-state index contributed by atoms with van der Waals surface area (Å²) in [5, 5.41) is 2.61. The predicted molar refractivity (Wildman–Crippen MR) is 97.0 cm³/mol. The number of morpholine rings is 1. The predicted octanol–water partition coefficient (Wildman–Crippen LogP) is 0.399. The summed E-state index contributed by atoms with van der Waals surface area (Å²) in [4.78, 5) is 38.3. The van der Waals surface area contributed by atoms with Crippen molar-refractivity contribution in [3.63, 3.8) is 0 Å². The van der Waals surface area contributed by atoms with Gasteiger partial charge < -0.3 is 19.9 Å². The van der Waals surface area contributed by atoms with E-state index in [1.54, 1.807) is 25.8 Å². The number of nitrogens with zero attached hydrogens (tertiary/aromatic N) is 6. The molecule has 1 aliphatic rings. The van der Waals surface area contributed by atoms with Gasteiger partial charge in [0.05, 0.1) is 37.1 Å². The Bertz CT molecular complexity index is 943. The first-order valence-electron chi connectivity index (χ1n) is 8.76. The molecule has 0 radical (unpaired) electrons. The van der Waals surface area contributed by atoms with Gasteiger partial charge in [-0.2, -0.15) is 0 Å². The molecule has 1 amide bonds. The van der Waals surface area contributed by atoms with Gasteiger partial charge in [-0.1, -0.05) is 0 Å². The second kappa shape index (κ2) is 7.62. The van der Waals surface area contributed by atoms with Crippen molar-refractivity contribution >= 4 is 22.9 Å². The molecule has 4 rings (SSSR count). The number of ether oxygens (including phenoxy) is 1. The number of hydrogen-bond acceptors (Lipinski definition) is 8. The highest BCUT2D eigenvalue weighted by Crippen LogP contribution is 2.26. The molecule has 4 heterocycles. The number of aromatic amines is 1. The lowest BCUT2D eigenvalue weighted by atomic mass is 10.2. The van der Waals surface area contributed by atoms with Crippen molar-refractivity contribution in [3.8, 4) is 0 Å². The lowest BCUT2D eigenvalue weighted by Crippen LogP contribution is -2.39. The molecule has 1 saturated heterocycles. The van der Waals surface area contributed by atoms with Crippen molar-refractivity contribution in [3.05, 3.63) is 36.4 Å². The third-order valence-electron chi connectivity index (χ3n) is 4.49. The molecule has 10 nitrogen and oxygen atoms in total. The topological polar surface area (TPSA) is 122 Å². The molecule has 2 N–H and O–H groups in total. The number of imidazole rings is 1. The number of carbonyl (C=O) groups excluding carboxylic acids is 1. The number of hydrogen-bond donors (Lipinski definition) is 2. The third kappa shape index (κ3) is 3.70. The van der Waals surface area contributed by atoms with Crippen molar-refractivity contribution in [2.75, 3.05) is 31.6 Å². The van der Waals surface area contributed by atoms with E-state index in [2.05, 4.69) is 40.1 Å². The second-order valence-electron chi connectivity index (χ2n) is 6.21. The van der Waals surface area contributed by atoms with Crippen LogP contribution in [0.25, 0.3) is 11.2 Å². The second-order valence-corrected chi connectivity index (χ2v) is 6.21. The number of aryl methyl sites for hydroxylation is 1. The number of anilines is 1. The largest absolute Gasteiger partial charge is 0.368 e. The highest BCUT2D eigenvalue weighted by Gasteiger charge is 2.26. The van der Waals surface area contributed by atoms with Crippen molar-refractivity contribution in [2.24, 2.45) is 0 Å². The molecule has 0 spiro atoms. The lowest BCUT2D eigenvalue weighted by molar-refractivity contribution is -0.120. The van der Waals surface area contributed by atoms with E-state index in [4.69, 9.17) is 4.74 Å². The number of rotatable bonds is 5. The van der Waals surface area contributed by atoms with E-state index in [-0.39, 0.29) is 12.0 Å². The van der Waals surface area contributed by atoms with Gasteiger partial charge in [0, 0.05) is 26.2 Å². The van der Waals surface area contributed by atoms with Crippen LogP contribution < -0.4 is 10.2 Å². The molecule has 1 fully saturated rings.